The van der Waals surface area contributed by atoms with E-state index in [9.17, 15) is 26.3 Å². The first-order valence-electron chi connectivity index (χ1n) is 17.2. The summed E-state index contributed by atoms with van der Waals surface area (Å²) in [6.07, 6.45) is -2.10. The van der Waals surface area contributed by atoms with E-state index in [-0.39, 0.29) is 24.8 Å². The van der Waals surface area contributed by atoms with Crippen LogP contribution in [0.25, 0.3) is 34.4 Å². The Hall–Kier alpha value is -2.60. The summed E-state index contributed by atoms with van der Waals surface area (Å²) in [5.74, 6) is 0.903. The van der Waals surface area contributed by atoms with Crippen LogP contribution >= 0.6 is 0 Å². The Morgan fingerprint density at radius 2 is 0.902 bits per heavy atom. The summed E-state index contributed by atoms with van der Waals surface area (Å²) in [4.78, 5) is 0. The number of rotatable bonds is 8. The topological polar surface area (TPSA) is 0 Å². The van der Waals surface area contributed by atoms with Crippen LogP contribution in [-0.2, 0) is 32.6 Å². The van der Waals surface area contributed by atoms with Crippen molar-refractivity contribution in [2.45, 2.75) is 68.4 Å². The fourth-order valence-corrected chi connectivity index (χ4v) is 26.1. The Labute approximate surface area is 313 Å². The second-order valence-electron chi connectivity index (χ2n) is 15.0. The van der Waals surface area contributed by atoms with Gasteiger partial charge in [-0.15, -0.1) is 0 Å². The molecular formula is C42H40Cl2F6Zr. The fourth-order valence-electron chi connectivity index (χ4n) is 8.65. The summed E-state index contributed by atoms with van der Waals surface area (Å²) < 4.78 is 83.6. The number of halogens is 8. The van der Waals surface area contributed by atoms with Gasteiger partial charge in [0.2, 0.25) is 0 Å². The monoisotopic (exact) mass is 818 g/mol. The van der Waals surface area contributed by atoms with Gasteiger partial charge in [-0.1, -0.05) is 0 Å². The second-order valence-corrected chi connectivity index (χ2v) is 26.4. The van der Waals surface area contributed by atoms with Crippen LogP contribution in [-0.4, -0.2) is 0 Å². The normalized spacial score (nSPS) is 18.2. The van der Waals surface area contributed by atoms with E-state index in [0.717, 1.165) is 46.2 Å². The Bertz CT molecular complexity index is 1810. The third kappa shape index (κ3) is 7.47. The molecule has 51 heavy (non-hydrogen) atoms. The van der Waals surface area contributed by atoms with Gasteiger partial charge in [0, 0.05) is 0 Å². The van der Waals surface area contributed by atoms with Crippen molar-refractivity contribution in [3.05, 3.63) is 129 Å². The van der Waals surface area contributed by atoms with E-state index in [1.54, 1.807) is 24.3 Å². The predicted octanol–water partition coefficient (Wildman–Crippen LogP) is 7.74. The van der Waals surface area contributed by atoms with Gasteiger partial charge in [-0.2, -0.15) is 0 Å². The molecule has 9 heteroatoms. The Balaban J connectivity index is 0.00000252. The minimum absolute atomic E-state index is 0. The quantitative estimate of drug-likeness (QED) is 0.160. The first kappa shape index (κ1) is 39.6. The summed E-state index contributed by atoms with van der Waals surface area (Å²) >= 11 is -3.14. The molecule has 1 aliphatic heterocycles. The van der Waals surface area contributed by atoms with Gasteiger partial charge in [-0.25, -0.2) is 0 Å². The van der Waals surface area contributed by atoms with Gasteiger partial charge in [0.15, 0.2) is 0 Å². The third-order valence-corrected chi connectivity index (χ3v) is 23.7. The summed E-state index contributed by atoms with van der Waals surface area (Å²) in [5.41, 5.74) is 10.1. The van der Waals surface area contributed by atoms with Gasteiger partial charge in [0.25, 0.3) is 0 Å². The van der Waals surface area contributed by atoms with Crippen molar-refractivity contribution in [1.82, 2.24) is 0 Å². The molecule has 1 heterocycles. The molecule has 2 unspecified atom stereocenters. The first-order valence-corrected chi connectivity index (χ1v) is 23.5. The SMILES string of the molecule is CC(C)CC1=Cc2c(-c3ccc(C(F)(F)F)cc3)cccc2[CH]1[Zr+2]1([CH]2C(CC(C)C)=Cc3c(-c4ccc(C(F)(F)F)cc4)cccc32)[CH2][CH2]1.[Cl-].[Cl-]. The zero-order valence-corrected chi connectivity index (χ0v) is 32.9. The molecule has 0 amide bonds. The van der Waals surface area contributed by atoms with Crippen molar-refractivity contribution >= 4 is 12.2 Å². The molecule has 4 aromatic carbocycles. The smallest absolute Gasteiger partial charge is 1.00 e. The maximum absolute atomic E-state index is 13.4. The Kier molecular flexibility index (Phi) is 11.4. The molecule has 0 bridgehead atoms. The van der Waals surface area contributed by atoms with Crippen LogP contribution in [0.2, 0.25) is 8.26 Å². The number of alkyl halides is 6. The van der Waals surface area contributed by atoms with E-state index >= 15 is 0 Å². The summed E-state index contributed by atoms with van der Waals surface area (Å²) in [5, 5.41) is 0. The van der Waals surface area contributed by atoms with E-state index in [4.69, 9.17) is 0 Å². The number of benzene rings is 4. The van der Waals surface area contributed by atoms with E-state index in [1.807, 2.05) is 12.1 Å². The molecule has 1 saturated heterocycles. The van der Waals surface area contributed by atoms with Gasteiger partial charge in [-0.3, -0.25) is 0 Å². The first-order chi connectivity index (χ1) is 23.2. The Morgan fingerprint density at radius 3 is 1.20 bits per heavy atom. The predicted molar refractivity (Wildman–Crippen MR) is 184 cm³/mol. The second kappa shape index (κ2) is 14.7. The molecule has 0 radical (unpaired) electrons. The van der Waals surface area contributed by atoms with Crippen LogP contribution in [0.5, 0.6) is 0 Å². The van der Waals surface area contributed by atoms with Crippen LogP contribution < -0.4 is 24.8 Å². The van der Waals surface area contributed by atoms with Crippen LogP contribution in [0.4, 0.5) is 26.3 Å². The van der Waals surface area contributed by atoms with Crippen LogP contribution in [0.15, 0.2) is 96.1 Å². The molecule has 2 aliphatic carbocycles. The molecule has 0 nitrogen and oxygen atoms in total. The van der Waals surface area contributed by atoms with Crippen molar-refractivity contribution in [2.75, 3.05) is 0 Å². The molecule has 0 spiro atoms. The minimum Gasteiger partial charge on any atom is -1.00 e. The maximum Gasteiger partial charge on any atom is -1.00 e. The van der Waals surface area contributed by atoms with Crippen molar-refractivity contribution in [3.63, 3.8) is 0 Å². The zero-order valence-electron chi connectivity index (χ0n) is 28.9. The van der Waals surface area contributed by atoms with Gasteiger partial charge in [0.05, 0.1) is 0 Å². The molecule has 4 aromatic rings. The molecule has 0 N–H and O–H groups in total. The standard InChI is InChI=1S/2C20H18F3.C2H4.2ClH.Zr/c2*1-13(2)10-14-11-16-4-3-5-18(19(16)12-14)15-6-8-17(9-7-15)20(21,22)23;1-2;;;/h2*3-9,11-13H,10H2,1-2H3;1-2H2;2*1H;/q;;;;;+2/p-2. The molecule has 268 valence electrons. The average molecular weight is 821 g/mol. The number of hydrogen-bond donors (Lipinski definition) is 0. The maximum atomic E-state index is 13.4. The Morgan fingerprint density at radius 1 is 0.549 bits per heavy atom. The molecule has 0 aromatic heterocycles. The van der Waals surface area contributed by atoms with Crippen molar-refractivity contribution in [1.29, 1.82) is 0 Å². The van der Waals surface area contributed by atoms with E-state index < -0.39 is 43.7 Å². The summed E-state index contributed by atoms with van der Waals surface area (Å²) in [6.45, 7) is 8.99. The van der Waals surface area contributed by atoms with Gasteiger partial charge in [0.1, 0.15) is 0 Å². The molecule has 0 saturated carbocycles. The van der Waals surface area contributed by atoms with Crippen molar-refractivity contribution < 1.29 is 71.4 Å². The van der Waals surface area contributed by atoms with Gasteiger partial charge < -0.3 is 24.8 Å². The van der Waals surface area contributed by atoms with E-state index in [0.29, 0.717) is 19.1 Å². The number of fused-ring (bicyclic) bond motifs is 2. The van der Waals surface area contributed by atoms with Crippen molar-refractivity contribution in [2.24, 2.45) is 11.8 Å². The van der Waals surface area contributed by atoms with Crippen molar-refractivity contribution in [3.8, 4) is 22.3 Å². The fraction of sp³-hybridized carbons (Fsp3) is 0.333. The van der Waals surface area contributed by atoms with Crippen LogP contribution in [0.1, 0.15) is 81.2 Å². The molecule has 1 fully saturated rings. The van der Waals surface area contributed by atoms with Gasteiger partial charge in [-0.05, 0) is 0 Å². The third-order valence-electron chi connectivity index (χ3n) is 10.6. The zero-order chi connectivity index (χ0) is 34.9. The summed E-state index contributed by atoms with van der Waals surface area (Å²) in [6, 6.07) is 23.8. The van der Waals surface area contributed by atoms with Crippen LogP contribution in [0, 0.1) is 11.8 Å². The molecule has 3 aliphatic rings. The van der Waals surface area contributed by atoms with Gasteiger partial charge >= 0.3 is 291 Å². The minimum atomic E-state index is -4.38. The molecule has 7 rings (SSSR count). The number of hydrogen-bond acceptors (Lipinski definition) is 0. The molecule has 2 atom stereocenters. The van der Waals surface area contributed by atoms with Crippen LogP contribution in [0.3, 0.4) is 0 Å². The van der Waals surface area contributed by atoms with E-state index in [2.05, 4.69) is 64.1 Å². The summed E-state index contributed by atoms with van der Waals surface area (Å²) in [7, 11) is 0. The largest absolute Gasteiger partial charge is 1.00 e. The average Bonchev–Trinajstić information content (AvgIpc) is 3.59. The van der Waals surface area contributed by atoms with E-state index in [1.165, 1.54) is 54.8 Å². The molecular weight excluding hydrogens is 781 g/mol. The number of allylic oxidation sites excluding steroid dienone is 2.